The van der Waals surface area contributed by atoms with Gasteiger partial charge in [-0.05, 0) is 67.8 Å². The number of halogens is 1. The van der Waals surface area contributed by atoms with E-state index in [1.165, 1.54) is 42.6 Å². The maximum Gasteiger partial charge on any atom is 0.124 e. The molecule has 0 aliphatic carbocycles. The lowest BCUT2D eigenvalue weighted by Gasteiger charge is -2.39. The number of nitrogens with one attached hydrogen (secondary N) is 1. The number of para-hydroxylation sites is 1. The lowest BCUT2D eigenvalue weighted by atomic mass is 9.89. The molecule has 4 heterocycles. The first-order chi connectivity index (χ1) is 14.8. The fourth-order valence-corrected chi connectivity index (χ4v) is 6.76. The van der Waals surface area contributed by atoms with E-state index in [-0.39, 0.29) is 5.82 Å². The molecule has 0 saturated carbocycles. The van der Waals surface area contributed by atoms with E-state index in [0.29, 0.717) is 12.0 Å². The summed E-state index contributed by atoms with van der Waals surface area (Å²) in [6.45, 7) is 4.62. The van der Waals surface area contributed by atoms with Crippen molar-refractivity contribution in [2.45, 2.75) is 42.5 Å². The highest BCUT2D eigenvalue weighted by Gasteiger charge is 2.43. The van der Waals surface area contributed by atoms with Crippen LogP contribution in [0.5, 0.6) is 0 Å². The number of likely N-dealkylation sites (tertiary alicyclic amines) is 1. The molecule has 1 saturated heterocycles. The molecule has 0 bridgehead atoms. The number of aromatic amines is 1. The molecular formula is C24H27FN4S. The third kappa shape index (κ3) is 3.12. The lowest BCUT2D eigenvalue weighted by Crippen LogP contribution is -2.46. The summed E-state index contributed by atoms with van der Waals surface area (Å²) < 4.78 is 13.6. The minimum Gasteiger partial charge on any atom is -0.367 e. The number of aryl methyl sites for hydroxylation is 1. The number of rotatable bonds is 4. The molecule has 1 N–H and O–H groups in total. The molecule has 0 amide bonds. The van der Waals surface area contributed by atoms with Gasteiger partial charge < -0.3 is 9.80 Å². The summed E-state index contributed by atoms with van der Waals surface area (Å²) in [5.74, 6) is 1.68. The predicted octanol–water partition coefficient (Wildman–Crippen LogP) is 4.81. The normalized spacial score (nSPS) is 23.4. The Kier molecular flexibility index (Phi) is 4.72. The third-order valence-corrected chi connectivity index (χ3v) is 8.21. The van der Waals surface area contributed by atoms with Crippen LogP contribution in [0.15, 0.2) is 41.3 Å². The highest BCUT2D eigenvalue weighted by Crippen LogP contribution is 2.50. The van der Waals surface area contributed by atoms with Crippen LogP contribution < -0.4 is 4.90 Å². The third-order valence-electron chi connectivity index (χ3n) is 7.07. The van der Waals surface area contributed by atoms with E-state index >= 15 is 0 Å². The molecule has 2 aromatic carbocycles. The van der Waals surface area contributed by atoms with Crippen LogP contribution in [0.1, 0.15) is 36.4 Å². The zero-order valence-electron chi connectivity index (χ0n) is 17.1. The van der Waals surface area contributed by atoms with E-state index in [9.17, 15) is 4.39 Å². The number of piperidine rings is 1. The van der Waals surface area contributed by atoms with Crippen molar-refractivity contribution in [1.29, 1.82) is 0 Å². The molecule has 0 unspecified atom stereocenters. The van der Waals surface area contributed by atoms with E-state index < -0.39 is 0 Å². The van der Waals surface area contributed by atoms with E-state index in [1.54, 1.807) is 23.4 Å². The molecule has 30 heavy (non-hydrogen) atoms. The summed E-state index contributed by atoms with van der Waals surface area (Å²) >= 11 is 2.04. The van der Waals surface area contributed by atoms with Crippen LogP contribution in [0.4, 0.5) is 10.1 Å². The highest BCUT2D eigenvalue weighted by atomic mass is 32.2. The zero-order valence-corrected chi connectivity index (χ0v) is 17.9. The first-order valence-corrected chi connectivity index (χ1v) is 12.1. The molecule has 3 aliphatic rings. The van der Waals surface area contributed by atoms with E-state index in [0.717, 1.165) is 42.5 Å². The molecule has 3 aromatic rings. The molecule has 1 fully saturated rings. The van der Waals surface area contributed by atoms with Gasteiger partial charge in [0, 0.05) is 47.6 Å². The number of H-pyrrole nitrogens is 1. The van der Waals surface area contributed by atoms with E-state index in [1.807, 2.05) is 11.8 Å². The number of thioether (sulfide) groups is 1. The minimum absolute atomic E-state index is 0.192. The largest absolute Gasteiger partial charge is 0.367 e. The van der Waals surface area contributed by atoms with Crippen LogP contribution in [0.2, 0.25) is 0 Å². The number of nitrogens with zero attached hydrogens (tertiary/aromatic N) is 3. The summed E-state index contributed by atoms with van der Waals surface area (Å²) in [5.41, 5.74) is 5.03. The quantitative estimate of drug-likeness (QED) is 0.655. The SMILES string of the molecule is Fc1ccc2n[nH]c(CCCN3CC[C@H]4[C@@H](C3)c3cccc5c3N4CCCS5)c2c1. The van der Waals surface area contributed by atoms with Crippen LogP contribution in [0.25, 0.3) is 10.9 Å². The van der Waals surface area contributed by atoms with E-state index in [4.69, 9.17) is 0 Å². The Bertz CT molecular complexity index is 1080. The average molecular weight is 423 g/mol. The molecule has 2 atom stereocenters. The van der Waals surface area contributed by atoms with Crippen molar-refractivity contribution in [3.8, 4) is 0 Å². The van der Waals surface area contributed by atoms with Crippen molar-refractivity contribution in [1.82, 2.24) is 15.1 Å². The lowest BCUT2D eigenvalue weighted by molar-refractivity contribution is 0.191. The Hall–Kier alpha value is -2.05. The van der Waals surface area contributed by atoms with Gasteiger partial charge in [0.05, 0.1) is 11.2 Å². The van der Waals surface area contributed by atoms with Gasteiger partial charge in [-0.15, -0.1) is 11.8 Å². The summed E-state index contributed by atoms with van der Waals surface area (Å²) in [6, 6.07) is 12.4. The van der Waals surface area contributed by atoms with Crippen LogP contribution in [0.3, 0.4) is 0 Å². The van der Waals surface area contributed by atoms with E-state index in [2.05, 4.69) is 38.2 Å². The van der Waals surface area contributed by atoms with Crippen molar-refractivity contribution < 1.29 is 4.39 Å². The second-order valence-corrected chi connectivity index (χ2v) is 9.96. The molecule has 3 aliphatic heterocycles. The highest BCUT2D eigenvalue weighted by molar-refractivity contribution is 7.99. The number of hydrogen-bond acceptors (Lipinski definition) is 4. The van der Waals surface area contributed by atoms with Gasteiger partial charge in [-0.3, -0.25) is 5.10 Å². The van der Waals surface area contributed by atoms with Gasteiger partial charge in [0.15, 0.2) is 0 Å². The Morgan fingerprint density at radius 2 is 2.17 bits per heavy atom. The molecule has 4 nitrogen and oxygen atoms in total. The van der Waals surface area contributed by atoms with Crippen molar-refractivity contribution in [2.75, 3.05) is 36.8 Å². The van der Waals surface area contributed by atoms with Crippen LogP contribution in [0, 0.1) is 5.82 Å². The Labute approximate surface area is 180 Å². The van der Waals surface area contributed by atoms with Crippen molar-refractivity contribution in [3.63, 3.8) is 0 Å². The topological polar surface area (TPSA) is 35.2 Å². The number of hydrogen-bond donors (Lipinski definition) is 1. The van der Waals surface area contributed by atoms with Crippen LogP contribution >= 0.6 is 11.8 Å². The maximum absolute atomic E-state index is 13.6. The number of fused-ring (bicyclic) bond motifs is 4. The zero-order chi connectivity index (χ0) is 20.1. The molecule has 1 aromatic heterocycles. The first kappa shape index (κ1) is 18.7. The summed E-state index contributed by atoms with van der Waals surface area (Å²) in [5, 5.41) is 8.36. The van der Waals surface area contributed by atoms with Gasteiger partial charge in [0.25, 0.3) is 0 Å². The van der Waals surface area contributed by atoms with Gasteiger partial charge in [-0.25, -0.2) is 4.39 Å². The first-order valence-electron chi connectivity index (χ1n) is 11.1. The van der Waals surface area contributed by atoms with Crippen LogP contribution in [-0.4, -0.2) is 53.1 Å². The summed E-state index contributed by atoms with van der Waals surface area (Å²) in [6.07, 6.45) is 4.51. The molecule has 0 radical (unpaired) electrons. The van der Waals surface area contributed by atoms with Gasteiger partial charge in [0.1, 0.15) is 5.82 Å². The van der Waals surface area contributed by atoms with Crippen molar-refractivity contribution in [3.05, 3.63) is 53.5 Å². The Morgan fingerprint density at radius 1 is 1.20 bits per heavy atom. The van der Waals surface area contributed by atoms with Crippen LogP contribution in [-0.2, 0) is 6.42 Å². The second-order valence-electron chi connectivity index (χ2n) is 8.82. The monoisotopic (exact) mass is 422 g/mol. The van der Waals surface area contributed by atoms with Gasteiger partial charge in [-0.2, -0.15) is 5.10 Å². The molecule has 6 heteroatoms. The summed E-state index contributed by atoms with van der Waals surface area (Å²) in [7, 11) is 0. The fraction of sp³-hybridized carbons (Fsp3) is 0.458. The standard InChI is InChI=1S/C24H27FN4S/c25-16-7-8-21-18(14-16)20(26-27-21)5-2-10-28-12-9-22-19(15-28)17-4-1-6-23-24(17)29(22)11-3-13-30-23/h1,4,6-8,14,19,22H,2-3,5,9-13,15H2,(H,26,27)/t19-,22-/m0/s1. The smallest absolute Gasteiger partial charge is 0.124 e. The molecular weight excluding hydrogens is 395 g/mol. The second kappa shape index (κ2) is 7.57. The van der Waals surface area contributed by atoms with Crippen molar-refractivity contribution in [2.24, 2.45) is 0 Å². The number of anilines is 1. The maximum atomic E-state index is 13.6. The number of aromatic nitrogens is 2. The van der Waals surface area contributed by atoms with Crippen molar-refractivity contribution >= 4 is 28.4 Å². The fourth-order valence-electron chi connectivity index (χ4n) is 5.72. The van der Waals surface area contributed by atoms with Gasteiger partial charge in [0.2, 0.25) is 0 Å². The molecule has 0 spiro atoms. The minimum atomic E-state index is -0.192. The molecule has 156 valence electrons. The van der Waals surface area contributed by atoms with Gasteiger partial charge in [-0.1, -0.05) is 12.1 Å². The Balaban J connectivity index is 1.14. The molecule has 6 rings (SSSR count). The predicted molar refractivity (Wildman–Crippen MR) is 121 cm³/mol. The average Bonchev–Trinajstić information content (AvgIpc) is 3.21. The Morgan fingerprint density at radius 3 is 3.13 bits per heavy atom. The summed E-state index contributed by atoms with van der Waals surface area (Å²) in [4.78, 5) is 6.86. The number of benzene rings is 2. The van der Waals surface area contributed by atoms with Gasteiger partial charge >= 0.3 is 0 Å².